The lowest BCUT2D eigenvalue weighted by Gasteiger charge is -2.21. The Morgan fingerprint density at radius 2 is 1.79 bits per heavy atom. The Morgan fingerprint density at radius 3 is 2.37 bits per heavy atom. The fraction of sp³-hybridized carbons (Fsp3) is 0.636. The Labute approximate surface area is 106 Å². The highest BCUT2D eigenvalue weighted by atomic mass is 19.4. The van der Waals surface area contributed by atoms with E-state index in [1.807, 2.05) is 0 Å². The van der Waals surface area contributed by atoms with Gasteiger partial charge in [-0.05, 0) is 18.6 Å². The first kappa shape index (κ1) is 14.0. The Morgan fingerprint density at radius 1 is 1.05 bits per heavy atom. The molecule has 0 aliphatic carbocycles. The summed E-state index contributed by atoms with van der Waals surface area (Å²) in [7, 11) is 0. The van der Waals surface area contributed by atoms with Crippen molar-refractivity contribution >= 4 is 5.82 Å². The molecular weight excluding hydrogens is 269 g/mol. The third-order valence-electron chi connectivity index (χ3n) is 2.98. The summed E-state index contributed by atoms with van der Waals surface area (Å²) in [5, 5.41) is 6.56. The molecule has 19 heavy (non-hydrogen) atoms. The lowest BCUT2D eigenvalue weighted by Crippen LogP contribution is -2.27. The maximum Gasteiger partial charge on any atom is 0.435 e. The van der Waals surface area contributed by atoms with Crippen LogP contribution in [0.4, 0.5) is 27.8 Å². The van der Waals surface area contributed by atoms with Crippen LogP contribution in [0.3, 0.4) is 0 Å². The maximum atomic E-state index is 13.2. The molecule has 0 amide bonds. The summed E-state index contributed by atoms with van der Waals surface area (Å²) in [5.74, 6) is -2.51. The average Bonchev–Trinajstić information content (AvgIpc) is 2.49. The maximum absolute atomic E-state index is 13.2. The zero-order valence-corrected chi connectivity index (χ0v) is 9.92. The van der Waals surface area contributed by atoms with Crippen LogP contribution >= 0.6 is 0 Å². The number of aromatic nitrogens is 2. The summed E-state index contributed by atoms with van der Waals surface area (Å²) < 4.78 is 63.3. The van der Waals surface area contributed by atoms with Crippen molar-refractivity contribution in [2.75, 3.05) is 18.0 Å². The van der Waals surface area contributed by atoms with E-state index in [1.54, 1.807) is 0 Å². The molecule has 1 fully saturated rings. The van der Waals surface area contributed by atoms with Gasteiger partial charge >= 0.3 is 6.18 Å². The first-order chi connectivity index (χ1) is 8.78. The van der Waals surface area contributed by atoms with Crippen LogP contribution in [0.1, 0.15) is 25.0 Å². The highest BCUT2D eigenvalue weighted by Gasteiger charge is 2.34. The highest BCUT2D eigenvalue weighted by Crippen LogP contribution is 2.30. The SMILES string of the molecule is FC1(F)CCCN(c2ccc(C(F)(F)F)nn2)CC1. The average molecular weight is 281 g/mol. The van der Waals surface area contributed by atoms with E-state index >= 15 is 0 Å². The lowest BCUT2D eigenvalue weighted by molar-refractivity contribution is -0.141. The number of anilines is 1. The van der Waals surface area contributed by atoms with Crippen LogP contribution in [-0.4, -0.2) is 29.2 Å². The molecule has 0 N–H and O–H groups in total. The van der Waals surface area contributed by atoms with Crippen molar-refractivity contribution in [2.45, 2.75) is 31.4 Å². The fourth-order valence-corrected chi connectivity index (χ4v) is 1.94. The molecule has 0 radical (unpaired) electrons. The van der Waals surface area contributed by atoms with Gasteiger partial charge in [0.25, 0.3) is 0 Å². The summed E-state index contributed by atoms with van der Waals surface area (Å²) in [6, 6.07) is 1.98. The second kappa shape index (κ2) is 4.90. The smallest absolute Gasteiger partial charge is 0.355 e. The number of rotatable bonds is 1. The van der Waals surface area contributed by atoms with Crippen molar-refractivity contribution in [3.8, 4) is 0 Å². The molecule has 8 heteroatoms. The van der Waals surface area contributed by atoms with Gasteiger partial charge in [0, 0.05) is 25.9 Å². The first-order valence-electron chi connectivity index (χ1n) is 5.82. The molecule has 1 aliphatic rings. The largest absolute Gasteiger partial charge is 0.435 e. The van der Waals surface area contributed by atoms with E-state index < -0.39 is 17.8 Å². The standard InChI is InChI=1S/C11H12F5N3/c12-10(13)4-1-6-19(7-5-10)9-3-2-8(17-18-9)11(14,15)16/h2-3H,1,4-7H2. The Balaban J connectivity index is 2.10. The van der Waals surface area contributed by atoms with Crippen molar-refractivity contribution in [2.24, 2.45) is 0 Å². The molecular formula is C11H12F5N3. The molecule has 1 aromatic rings. The molecule has 1 saturated heterocycles. The predicted molar refractivity (Wildman–Crippen MR) is 58.0 cm³/mol. The minimum absolute atomic E-state index is 0.0625. The van der Waals surface area contributed by atoms with Gasteiger partial charge in [0.1, 0.15) is 0 Å². The molecule has 1 aromatic heterocycles. The van der Waals surface area contributed by atoms with Crippen LogP contribution in [0.5, 0.6) is 0 Å². The van der Waals surface area contributed by atoms with Crippen LogP contribution in [0.25, 0.3) is 0 Å². The summed E-state index contributed by atoms with van der Waals surface area (Å²) in [6.45, 7) is 0.405. The highest BCUT2D eigenvalue weighted by molar-refractivity contribution is 5.37. The Kier molecular flexibility index (Phi) is 3.60. The molecule has 2 rings (SSSR count). The zero-order valence-electron chi connectivity index (χ0n) is 9.92. The van der Waals surface area contributed by atoms with Gasteiger partial charge < -0.3 is 4.90 Å². The van der Waals surface area contributed by atoms with E-state index in [0.29, 0.717) is 6.54 Å². The zero-order chi connectivity index (χ0) is 14.1. The molecule has 0 spiro atoms. The topological polar surface area (TPSA) is 29.0 Å². The van der Waals surface area contributed by atoms with Crippen molar-refractivity contribution in [3.63, 3.8) is 0 Å². The number of hydrogen-bond donors (Lipinski definition) is 0. The van der Waals surface area contributed by atoms with E-state index in [4.69, 9.17) is 0 Å². The third kappa shape index (κ3) is 3.51. The van der Waals surface area contributed by atoms with Gasteiger partial charge in [-0.1, -0.05) is 0 Å². The van der Waals surface area contributed by atoms with Crippen molar-refractivity contribution in [1.82, 2.24) is 10.2 Å². The van der Waals surface area contributed by atoms with E-state index in [2.05, 4.69) is 10.2 Å². The van der Waals surface area contributed by atoms with Gasteiger partial charge in [-0.15, -0.1) is 10.2 Å². The Hall–Kier alpha value is -1.47. The van der Waals surface area contributed by atoms with Crippen molar-refractivity contribution in [1.29, 1.82) is 0 Å². The number of nitrogens with zero attached hydrogens (tertiary/aromatic N) is 3. The lowest BCUT2D eigenvalue weighted by atomic mass is 10.1. The Bertz CT molecular complexity index is 429. The quantitative estimate of drug-likeness (QED) is 0.741. The third-order valence-corrected chi connectivity index (χ3v) is 2.98. The molecule has 1 aliphatic heterocycles. The molecule has 0 bridgehead atoms. The van der Waals surface area contributed by atoms with Crippen LogP contribution in [0.15, 0.2) is 12.1 Å². The molecule has 0 atom stereocenters. The van der Waals surface area contributed by atoms with Crippen LogP contribution in [-0.2, 0) is 6.18 Å². The molecule has 106 valence electrons. The van der Waals surface area contributed by atoms with E-state index in [1.165, 1.54) is 11.0 Å². The van der Waals surface area contributed by atoms with Gasteiger partial charge in [0.05, 0.1) is 0 Å². The van der Waals surface area contributed by atoms with Gasteiger partial charge in [0.2, 0.25) is 5.92 Å². The van der Waals surface area contributed by atoms with Crippen LogP contribution in [0.2, 0.25) is 0 Å². The monoisotopic (exact) mass is 281 g/mol. The van der Waals surface area contributed by atoms with Gasteiger partial charge in [0.15, 0.2) is 11.5 Å². The fourth-order valence-electron chi connectivity index (χ4n) is 1.94. The van der Waals surface area contributed by atoms with Crippen molar-refractivity contribution < 1.29 is 22.0 Å². The second-order valence-corrected chi connectivity index (χ2v) is 4.47. The van der Waals surface area contributed by atoms with Crippen LogP contribution < -0.4 is 4.90 Å². The molecule has 3 nitrogen and oxygen atoms in total. The number of alkyl halides is 5. The number of hydrogen-bond acceptors (Lipinski definition) is 3. The van der Waals surface area contributed by atoms with E-state index in [0.717, 1.165) is 6.07 Å². The van der Waals surface area contributed by atoms with E-state index in [9.17, 15) is 22.0 Å². The molecule has 0 unspecified atom stereocenters. The van der Waals surface area contributed by atoms with Gasteiger partial charge in [-0.3, -0.25) is 0 Å². The summed E-state index contributed by atoms with van der Waals surface area (Å²) in [6.07, 6.45) is -4.81. The van der Waals surface area contributed by atoms with Crippen LogP contribution in [0, 0.1) is 0 Å². The normalized spacial score (nSPS) is 20.2. The predicted octanol–water partition coefficient (Wildman–Crippen LogP) is 3.12. The number of halogens is 5. The summed E-state index contributed by atoms with van der Waals surface area (Å²) >= 11 is 0. The van der Waals surface area contributed by atoms with Gasteiger partial charge in [-0.2, -0.15) is 13.2 Å². The van der Waals surface area contributed by atoms with Gasteiger partial charge in [-0.25, -0.2) is 8.78 Å². The minimum Gasteiger partial charge on any atom is -0.355 e. The molecule has 0 saturated carbocycles. The first-order valence-corrected chi connectivity index (χ1v) is 5.82. The second-order valence-electron chi connectivity index (χ2n) is 4.47. The van der Waals surface area contributed by atoms with Crippen molar-refractivity contribution in [3.05, 3.63) is 17.8 Å². The molecule has 2 heterocycles. The summed E-state index contributed by atoms with van der Waals surface area (Å²) in [4.78, 5) is 1.54. The molecule has 0 aromatic carbocycles. The summed E-state index contributed by atoms with van der Waals surface area (Å²) in [5.41, 5.74) is -1.09. The minimum atomic E-state index is -4.54. The van der Waals surface area contributed by atoms with E-state index in [-0.39, 0.29) is 31.6 Å².